The second-order valence-electron chi connectivity index (χ2n) is 8.02. The Morgan fingerprint density at radius 3 is 2.19 bits per heavy atom. The van der Waals surface area contributed by atoms with E-state index in [1.165, 1.54) is 4.90 Å². The van der Waals surface area contributed by atoms with E-state index in [9.17, 15) is 29.4 Å². The van der Waals surface area contributed by atoms with Gasteiger partial charge in [-0.3, -0.25) is 19.4 Å². The maximum Gasteiger partial charge on any atom is 0.326 e. The number of likely N-dealkylation sites (tertiary alicyclic amines) is 2. The molecule has 3 amide bonds. The molecule has 32 heavy (non-hydrogen) atoms. The molecule has 4 atom stereocenters. The lowest BCUT2D eigenvalue weighted by molar-refractivity contribution is -0.150. The summed E-state index contributed by atoms with van der Waals surface area (Å²) in [6.07, 6.45) is 2.67. The number of carbonyl (C=O) groups excluding carboxylic acids is 3. The number of nitrogens with zero attached hydrogens (tertiary/aromatic N) is 3. The number of amides is 3. The van der Waals surface area contributed by atoms with Crippen molar-refractivity contribution in [3.8, 4) is 0 Å². The van der Waals surface area contributed by atoms with Crippen molar-refractivity contribution in [2.45, 2.75) is 62.7 Å². The molecule has 2 heterocycles. The third kappa shape index (κ3) is 6.29. The van der Waals surface area contributed by atoms with Crippen LogP contribution < -0.4 is 22.5 Å². The van der Waals surface area contributed by atoms with Crippen LogP contribution in [0.25, 0.3) is 0 Å². The van der Waals surface area contributed by atoms with Gasteiger partial charge in [0.15, 0.2) is 5.96 Å². The Labute approximate surface area is 186 Å². The van der Waals surface area contributed by atoms with Crippen molar-refractivity contribution in [1.29, 1.82) is 0 Å². The van der Waals surface area contributed by atoms with Gasteiger partial charge in [-0.1, -0.05) is 0 Å². The number of aliphatic carboxylic acids is 1. The molecule has 13 heteroatoms. The van der Waals surface area contributed by atoms with Crippen LogP contribution in [0, 0.1) is 0 Å². The third-order valence-corrected chi connectivity index (χ3v) is 5.74. The summed E-state index contributed by atoms with van der Waals surface area (Å²) in [5.74, 6) is -2.79. The highest BCUT2D eigenvalue weighted by molar-refractivity contribution is 5.94. The Kier molecular flexibility index (Phi) is 9.20. The summed E-state index contributed by atoms with van der Waals surface area (Å²) in [6.45, 7) is 0.244. The van der Waals surface area contributed by atoms with E-state index in [4.69, 9.17) is 17.2 Å². The molecule has 2 saturated heterocycles. The number of carboxylic acids is 1. The van der Waals surface area contributed by atoms with Gasteiger partial charge >= 0.3 is 5.97 Å². The van der Waals surface area contributed by atoms with E-state index in [-0.39, 0.29) is 18.4 Å². The normalized spacial score (nSPS) is 22.3. The van der Waals surface area contributed by atoms with E-state index in [1.807, 2.05) is 0 Å². The van der Waals surface area contributed by atoms with Crippen LogP contribution in [0.1, 0.15) is 38.5 Å². The molecule has 2 aliphatic rings. The van der Waals surface area contributed by atoms with Crippen molar-refractivity contribution >= 4 is 29.7 Å². The number of nitrogens with two attached hydrogens (primary N) is 3. The van der Waals surface area contributed by atoms with Crippen LogP contribution in [0.4, 0.5) is 0 Å². The summed E-state index contributed by atoms with van der Waals surface area (Å²) < 4.78 is 0. The van der Waals surface area contributed by atoms with Gasteiger partial charge in [0.1, 0.15) is 18.1 Å². The largest absolute Gasteiger partial charge is 0.480 e. The van der Waals surface area contributed by atoms with Gasteiger partial charge in [0.05, 0.1) is 12.6 Å². The fraction of sp³-hybridized carbons (Fsp3) is 0.737. The molecule has 0 aromatic heterocycles. The first-order chi connectivity index (χ1) is 15.2. The molecule has 13 nitrogen and oxygen atoms in total. The topological polar surface area (TPSA) is 218 Å². The van der Waals surface area contributed by atoms with Crippen LogP contribution >= 0.6 is 0 Å². The predicted octanol–water partition coefficient (Wildman–Crippen LogP) is -3.09. The van der Waals surface area contributed by atoms with E-state index in [0.29, 0.717) is 51.6 Å². The molecule has 2 fully saturated rings. The zero-order chi connectivity index (χ0) is 23.8. The second-order valence-corrected chi connectivity index (χ2v) is 8.02. The molecular weight excluding hydrogens is 422 g/mol. The van der Waals surface area contributed by atoms with Crippen LogP contribution in [0.3, 0.4) is 0 Å². The highest BCUT2D eigenvalue weighted by atomic mass is 16.4. The molecule has 4 unspecified atom stereocenters. The average Bonchev–Trinajstić information content (AvgIpc) is 3.43. The molecule has 2 aliphatic heterocycles. The Hall–Kier alpha value is -2.93. The summed E-state index contributed by atoms with van der Waals surface area (Å²) in [5.41, 5.74) is 16.5. The zero-order valence-corrected chi connectivity index (χ0v) is 18.0. The van der Waals surface area contributed by atoms with Gasteiger partial charge in [0.25, 0.3) is 0 Å². The van der Waals surface area contributed by atoms with Gasteiger partial charge < -0.3 is 42.5 Å². The Morgan fingerprint density at radius 2 is 1.62 bits per heavy atom. The van der Waals surface area contributed by atoms with Gasteiger partial charge in [-0.15, -0.1) is 0 Å². The molecule has 0 aliphatic carbocycles. The molecule has 0 bridgehead atoms. The van der Waals surface area contributed by atoms with Crippen molar-refractivity contribution < 1.29 is 29.4 Å². The van der Waals surface area contributed by atoms with Crippen LogP contribution in [-0.2, 0) is 19.2 Å². The fourth-order valence-electron chi connectivity index (χ4n) is 4.10. The standard InChI is InChI=1S/C19H33N7O6/c20-11(4-1-7-23-19(21)22)16(29)25-8-2-5-13(25)15(28)24-12(10-27)17(30)26-9-3-6-14(26)18(31)32/h11-14,27H,1-10,20H2,(H,24,28)(H,31,32)(H4,21,22,23). The molecule has 0 saturated carbocycles. The maximum atomic E-state index is 12.8. The van der Waals surface area contributed by atoms with E-state index in [1.54, 1.807) is 0 Å². The number of hydrogen-bond donors (Lipinski definition) is 6. The lowest BCUT2D eigenvalue weighted by atomic mass is 10.1. The first-order valence-corrected chi connectivity index (χ1v) is 10.7. The molecule has 9 N–H and O–H groups in total. The number of guanidine groups is 1. The molecule has 0 spiro atoms. The average molecular weight is 456 g/mol. The van der Waals surface area contributed by atoms with Crippen molar-refractivity contribution in [1.82, 2.24) is 15.1 Å². The molecule has 0 aromatic carbocycles. The number of aliphatic hydroxyl groups excluding tert-OH is 1. The highest BCUT2D eigenvalue weighted by Crippen LogP contribution is 2.21. The molecular formula is C19H33N7O6. The SMILES string of the molecule is NC(N)=NCCCC(N)C(=O)N1CCCC1C(=O)NC(CO)C(=O)N1CCCC1C(=O)O. The summed E-state index contributed by atoms with van der Waals surface area (Å²) in [6, 6.07) is -3.90. The van der Waals surface area contributed by atoms with Crippen molar-refractivity contribution in [3.63, 3.8) is 0 Å². The number of aliphatic hydroxyl groups is 1. The van der Waals surface area contributed by atoms with Gasteiger partial charge in [0, 0.05) is 19.6 Å². The van der Waals surface area contributed by atoms with Crippen LogP contribution in [0.5, 0.6) is 0 Å². The second kappa shape index (κ2) is 11.6. The van der Waals surface area contributed by atoms with Crippen molar-refractivity contribution in [2.75, 3.05) is 26.2 Å². The summed E-state index contributed by atoms with van der Waals surface area (Å²) in [5, 5.41) is 21.4. The Morgan fingerprint density at radius 1 is 1.03 bits per heavy atom. The van der Waals surface area contributed by atoms with Gasteiger partial charge in [-0.2, -0.15) is 0 Å². The Bertz CT molecular complexity index is 742. The van der Waals surface area contributed by atoms with Crippen molar-refractivity contribution in [2.24, 2.45) is 22.2 Å². The quantitative estimate of drug-likeness (QED) is 0.111. The fourth-order valence-corrected chi connectivity index (χ4v) is 4.10. The van der Waals surface area contributed by atoms with Crippen LogP contribution in [-0.4, -0.2) is 100 Å². The summed E-state index contributed by atoms with van der Waals surface area (Å²) >= 11 is 0. The van der Waals surface area contributed by atoms with Crippen LogP contribution in [0.2, 0.25) is 0 Å². The monoisotopic (exact) mass is 455 g/mol. The molecule has 180 valence electrons. The van der Waals surface area contributed by atoms with Gasteiger partial charge in [-0.25, -0.2) is 4.79 Å². The number of nitrogens with one attached hydrogen (secondary N) is 1. The van der Waals surface area contributed by atoms with E-state index < -0.39 is 48.6 Å². The number of carbonyl (C=O) groups is 4. The van der Waals surface area contributed by atoms with Gasteiger partial charge in [0.2, 0.25) is 17.7 Å². The number of hydrogen-bond acceptors (Lipinski definition) is 7. The van der Waals surface area contributed by atoms with E-state index >= 15 is 0 Å². The lowest BCUT2D eigenvalue weighted by Gasteiger charge is -2.30. The number of rotatable bonds is 10. The lowest BCUT2D eigenvalue weighted by Crippen LogP contribution is -2.57. The minimum absolute atomic E-state index is 0.0437. The van der Waals surface area contributed by atoms with Gasteiger partial charge in [-0.05, 0) is 38.5 Å². The molecule has 0 radical (unpaired) electrons. The van der Waals surface area contributed by atoms with Crippen LogP contribution in [0.15, 0.2) is 4.99 Å². The smallest absolute Gasteiger partial charge is 0.326 e. The number of aliphatic imine (C=N–C) groups is 1. The maximum absolute atomic E-state index is 12.8. The summed E-state index contributed by atoms with van der Waals surface area (Å²) in [7, 11) is 0. The van der Waals surface area contributed by atoms with E-state index in [0.717, 1.165) is 4.90 Å². The molecule has 0 aromatic rings. The molecule has 2 rings (SSSR count). The zero-order valence-electron chi connectivity index (χ0n) is 18.0. The minimum Gasteiger partial charge on any atom is -0.480 e. The number of carboxylic acid groups (broad SMARTS) is 1. The minimum atomic E-state index is -1.28. The first kappa shape index (κ1) is 25.3. The predicted molar refractivity (Wildman–Crippen MR) is 114 cm³/mol. The van der Waals surface area contributed by atoms with E-state index in [2.05, 4.69) is 10.3 Å². The first-order valence-electron chi connectivity index (χ1n) is 10.7. The van der Waals surface area contributed by atoms with Crippen molar-refractivity contribution in [3.05, 3.63) is 0 Å². The summed E-state index contributed by atoms with van der Waals surface area (Å²) in [4.78, 5) is 56.0. The highest BCUT2D eigenvalue weighted by Gasteiger charge is 2.40. The third-order valence-electron chi connectivity index (χ3n) is 5.74. The Balaban J connectivity index is 1.96.